The number of amides is 1. The second-order valence-electron chi connectivity index (χ2n) is 5.02. The lowest BCUT2D eigenvalue weighted by atomic mass is 10.0. The molecule has 2 aromatic heterocycles. The second kappa shape index (κ2) is 5.84. The highest BCUT2D eigenvalue weighted by molar-refractivity contribution is 5.94. The maximum absolute atomic E-state index is 11.4. The zero-order valence-electron chi connectivity index (χ0n) is 12.2. The fraction of sp³-hybridized carbons (Fsp3) is 0.133. The minimum absolute atomic E-state index is 0.0624. The van der Waals surface area contributed by atoms with Crippen molar-refractivity contribution >= 4 is 28.8 Å². The van der Waals surface area contributed by atoms with E-state index in [1.54, 1.807) is 18.3 Å². The normalized spacial score (nSPS) is 10.8. The number of hydrogen-bond acceptors (Lipinski definition) is 7. The molecule has 0 bridgehead atoms. The lowest BCUT2D eigenvalue weighted by molar-refractivity contribution is 0.0999. The number of carbonyl (C=O) groups excluding carboxylic acids is 1. The van der Waals surface area contributed by atoms with Gasteiger partial charge in [-0.15, -0.1) is 0 Å². The summed E-state index contributed by atoms with van der Waals surface area (Å²) in [7, 11) is 0. The van der Waals surface area contributed by atoms with Crippen LogP contribution in [-0.4, -0.2) is 25.8 Å². The highest BCUT2D eigenvalue weighted by atomic mass is 16.1. The number of nitrogens with two attached hydrogens (primary N) is 3. The molecule has 0 aliphatic carbocycles. The number of benzene rings is 1. The van der Waals surface area contributed by atoms with E-state index in [9.17, 15) is 4.79 Å². The standard InChI is InChI=1S/C15H15N7O/c16-12-11-14(22-15(18)21-12)19-7-9(20-11)6-5-8-3-1-2-4-10(8)13(17)23/h1-4,7H,5-6H2,(H2,17,23)(H4,16,18,19,21,22). The van der Waals surface area contributed by atoms with Gasteiger partial charge in [-0.05, 0) is 24.5 Å². The first-order valence-electron chi connectivity index (χ1n) is 6.97. The summed E-state index contributed by atoms with van der Waals surface area (Å²) in [5, 5.41) is 0. The lowest BCUT2D eigenvalue weighted by Crippen LogP contribution is -2.14. The van der Waals surface area contributed by atoms with Crippen molar-refractivity contribution in [3.8, 4) is 0 Å². The maximum atomic E-state index is 11.4. The molecule has 0 saturated carbocycles. The van der Waals surface area contributed by atoms with Gasteiger partial charge < -0.3 is 17.2 Å². The number of carbonyl (C=O) groups is 1. The van der Waals surface area contributed by atoms with Crippen LogP contribution in [0.3, 0.4) is 0 Å². The number of fused-ring (bicyclic) bond motifs is 1. The highest BCUT2D eigenvalue weighted by Gasteiger charge is 2.10. The Morgan fingerprint density at radius 1 is 1.04 bits per heavy atom. The first-order chi connectivity index (χ1) is 11.0. The predicted octanol–water partition coefficient (Wildman–Crippen LogP) is 0.468. The predicted molar refractivity (Wildman–Crippen MR) is 86.3 cm³/mol. The van der Waals surface area contributed by atoms with Gasteiger partial charge in [0.25, 0.3) is 0 Å². The van der Waals surface area contributed by atoms with E-state index in [-0.39, 0.29) is 11.8 Å². The van der Waals surface area contributed by atoms with Crippen LogP contribution in [0.5, 0.6) is 0 Å². The third-order valence-corrected chi connectivity index (χ3v) is 3.43. The Kier molecular flexibility index (Phi) is 3.71. The molecule has 1 aromatic carbocycles. The van der Waals surface area contributed by atoms with Crippen LogP contribution in [0.4, 0.5) is 11.8 Å². The summed E-state index contributed by atoms with van der Waals surface area (Å²) in [5.41, 5.74) is 19.6. The summed E-state index contributed by atoms with van der Waals surface area (Å²) in [6.45, 7) is 0. The summed E-state index contributed by atoms with van der Waals surface area (Å²) in [5.74, 6) is -0.190. The largest absolute Gasteiger partial charge is 0.382 e. The fourth-order valence-corrected chi connectivity index (χ4v) is 2.34. The number of aryl methyl sites for hydroxylation is 2. The minimum atomic E-state index is -0.446. The molecule has 0 radical (unpaired) electrons. The summed E-state index contributed by atoms with van der Waals surface area (Å²) in [6, 6.07) is 7.22. The minimum Gasteiger partial charge on any atom is -0.382 e. The van der Waals surface area contributed by atoms with Crippen molar-refractivity contribution in [2.75, 3.05) is 11.5 Å². The van der Waals surface area contributed by atoms with Gasteiger partial charge in [-0.1, -0.05) is 18.2 Å². The number of nitrogens with zero attached hydrogens (tertiary/aromatic N) is 4. The zero-order valence-corrected chi connectivity index (χ0v) is 12.2. The van der Waals surface area contributed by atoms with Crippen molar-refractivity contribution < 1.29 is 4.79 Å². The van der Waals surface area contributed by atoms with Crippen LogP contribution in [0, 0.1) is 0 Å². The van der Waals surface area contributed by atoms with E-state index in [1.165, 1.54) is 0 Å². The van der Waals surface area contributed by atoms with Crippen LogP contribution < -0.4 is 17.2 Å². The molecule has 1 amide bonds. The smallest absolute Gasteiger partial charge is 0.248 e. The molecule has 6 N–H and O–H groups in total. The zero-order chi connectivity index (χ0) is 16.4. The molecule has 8 heteroatoms. The van der Waals surface area contributed by atoms with Crippen molar-refractivity contribution in [1.82, 2.24) is 19.9 Å². The quantitative estimate of drug-likeness (QED) is 0.634. The van der Waals surface area contributed by atoms with E-state index in [4.69, 9.17) is 17.2 Å². The Balaban J connectivity index is 1.87. The molecule has 0 aliphatic heterocycles. The van der Waals surface area contributed by atoms with Crippen LogP contribution in [0.15, 0.2) is 30.5 Å². The SMILES string of the molecule is NC(=O)c1ccccc1CCc1cnc2nc(N)nc(N)c2n1. The fourth-order valence-electron chi connectivity index (χ4n) is 2.34. The Morgan fingerprint density at radius 3 is 2.61 bits per heavy atom. The molecular formula is C15H15N7O. The molecule has 0 aliphatic rings. The van der Waals surface area contributed by atoms with E-state index < -0.39 is 5.91 Å². The number of hydrogen-bond donors (Lipinski definition) is 3. The van der Waals surface area contributed by atoms with Crippen molar-refractivity contribution in [2.45, 2.75) is 12.8 Å². The van der Waals surface area contributed by atoms with Gasteiger partial charge in [-0.3, -0.25) is 4.79 Å². The van der Waals surface area contributed by atoms with E-state index in [2.05, 4.69) is 19.9 Å². The van der Waals surface area contributed by atoms with Crippen molar-refractivity contribution in [3.05, 3.63) is 47.3 Å². The van der Waals surface area contributed by atoms with Crippen molar-refractivity contribution in [2.24, 2.45) is 5.73 Å². The van der Waals surface area contributed by atoms with Crippen molar-refractivity contribution in [1.29, 1.82) is 0 Å². The average molecular weight is 309 g/mol. The highest BCUT2D eigenvalue weighted by Crippen LogP contribution is 2.16. The molecule has 2 heterocycles. The molecule has 0 fully saturated rings. The van der Waals surface area contributed by atoms with Gasteiger partial charge in [-0.25, -0.2) is 9.97 Å². The summed E-state index contributed by atoms with van der Waals surface area (Å²) < 4.78 is 0. The second-order valence-corrected chi connectivity index (χ2v) is 5.02. The molecule has 0 spiro atoms. The van der Waals surface area contributed by atoms with E-state index in [1.807, 2.05) is 12.1 Å². The van der Waals surface area contributed by atoms with Gasteiger partial charge in [0.2, 0.25) is 11.9 Å². The van der Waals surface area contributed by atoms with E-state index >= 15 is 0 Å². The monoisotopic (exact) mass is 309 g/mol. The van der Waals surface area contributed by atoms with Gasteiger partial charge in [0, 0.05) is 5.56 Å². The van der Waals surface area contributed by atoms with Crippen LogP contribution in [0.2, 0.25) is 0 Å². The van der Waals surface area contributed by atoms with Gasteiger partial charge in [0.1, 0.15) is 0 Å². The molecule has 0 saturated heterocycles. The number of aromatic nitrogens is 4. The Labute approximate surface area is 131 Å². The van der Waals surface area contributed by atoms with Crippen LogP contribution >= 0.6 is 0 Å². The van der Waals surface area contributed by atoms with E-state index in [0.717, 1.165) is 11.3 Å². The first-order valence-corrected chi connectivity index (χ1v) is 6.97. The molecule has 3 aromatic rings. The molecule has 23 heavy (non-hydrogen) atoms. The Hall–Kier alpha value is -3.29. The third kappa shape index (κ3) is 3.00. The number of primary amides is 1. The van der Waals surface area contributed by atoms with Gasteiger partial charge in [0.05, 0.1) is 11.9 Å². The van der Waals surface area contributed by atoms with Gasteiger partial charge >= 0.3 is 0 Å². The van der Waals surface area contributed by atoms with Crippen LogP contribution in [0.1, 0.15) is 21.6 Å². The number of nitrogen functional groups attached to an aromatic ring is 2. The molecule has 0 unspecified atom stereocenters. The molecule has 116 valence electrons. The third-order valence-electron chi connectivity index (χ3n) is 3.43. The van der Waals surface area contributed by atoms with Crippen molar-refractivity contribution in [3.63, 3.8) is 0 Å². The average Bonchev–Trinajstić information content (AvgIpc) is 2.53. The molecule has 3 rings (SSSR count). The first kappa shape index (κ1) is 14.6. The summed E-state index contributed by atoms with van der Waals surface area (Å²) in [4.78, 5) is 27.9. The van der Waals surface area contributed by atoms with E-state index in [0.29, 0.717) is 29.6 Å². The molecule has 8 nitrogen and oxygen atoms in total. The molecular weight excluding hydrogens is 294 g/mol. The summed E-state index contributed by atoms with van der Waals surface area (Å²) >= 11 is 0. The molecule has 0 atom stereocenters. The lowest BCUT2D eigenvalue weighted by Gasteiger charge is -2.07. The number of anilines is 2. The van der Waals surface area contributed by atoms with Gasteiger partial charge in [0.15, 0.2) is 17.0 Å². The summed E-state index contributed by atoms with van der Waals surface area (Å²) in [6.07, 6.45) is 2.80. The van der Waals surface area contributed by atoms with Crippen LogP contribution in [-0.2, 0) is 12.8 Å². The topological polar surface area (TPSA) is 147 Å². The Morgan fingerprint density at radius 2 is 1.83 bits per heavy atom. The Bertz CT molecular complexity index is 894. The van der Waals surface area contributed by atoms with Gasteiger partial charge in [-0.2, -0.15) is 9.97 Å². The number of rotatable bonds is 4. The maximum Gasteiger partial charge on any atom is 0.248 e. The van der Waals surface area contributed by atoms with Crippen LogP contribution in [0.25, 0.3) is 11.2 Å².